The lowest BCUT2D eigenvalue weighted by Gasteiger charge is -2.31. The van der Waals surface area contributed by atoms with Crippen LogP contribution in [0.15, 0.2) is 54.6 Å². The van der Waals surface area contributed by atoms with Gasteiger partial charge in [-0.05, 0) is 36.4 Å². The van der Waals surface area contributed by atoms with Crippen molar-refractivity contribution in [1.82, 2.24) is 0 Å². The Morgan fingerprint density at radius 1 is 1.00 bits per heavy atom. The Morgan fingerprint density at radius 2 is 1.67 bits per heavy atom. The quantitative estimate of drug-likeness (QED) is 0.545. The van der Waals surface area contributed by atoms with Crippen LogP contribution in [-0.2, 0) is 14.4 Å². The first kappa shape index (κ1) is 20.2. The number of nitrogens with one attached hydrogen (secondary N) is 3. The van der Waals surface area contributed by atoms with Gasteiger partial charge in [0.2, 0.25) is 5.91 Å². The molecule has 0 bridgehead atoms. The van der Waals surface area contributed by atoms with Crippen molar-refractivity contribution in [2.75, 3.05) is 42.9 Å². The van der Waals surface area contributed by atoms with E-state index in [1.807, 2.05) is 30.3 Å². The first-order valence-corrected chi connectivity index (χ1v) is 10.2. The molecule has 2 aliphatic heterocycles. The normalized spacial score (nSPS) is 24.2. The molecule has 2 saturated heterocycles. The summed E-state index contributed by atoms with van der Waals surface area (Å²) < 4.78 is 13.2. The van der Waals surface area contributed by atoms with Crippen molar-refractivity contribution >= 4 is 29.1 Å². The maximum absolute atomic E-state index is 13.2. The Kier molecular flexibility index (Phi) is 5.87. The number of anilines is 2. The standard InChI is InChI=1S/C22H23FN4O3/c23-16-6-8-18(9-7-16)27-21(29)14-19(22(27)30)26-12-10-25(11-13-26)15-20(28)24-17-4-2-1-3-5-17/h1-9,19H,10-15H2,(H,24,28)/p+2/t19-/m1/s1. The van der Waals surface area contributed by atoms with E-state index in [-0.39, 0.29) is 24.1 Å². The number of imide groups is 1. The fraction of sp³-hybridized carbons (Fsp3) is 0.318. The summed E-state index contributed by atoms with van der Waals surface area (Å²) >= 11 is 0. The summed E-state index contributed by atoms with van der Waals surface area (Å²) in [7, 11) is 0. The van der Waals surface area contributed by atoms with Gasteiger partial charge >= 0.3 is 0 Å². The Hall–Kier alpha value is -3.10. The van der Waals surface area contributed by atoms with Crippen LogP contribution in [0.3, 0.4) is 0 Å². The topological polar surface area (TPSA) is 75.4 Å². The molecule has 3 amide bonds. The molecule has 0 unspecified atom stereocenters. The van der Waals surface area contributed by atoms with Crippen LogP contribution < -0.4 is 20.0 Å². The van der Waals surface area contributed by atoms with Gasteiger partial charge in [0.1, 0.15) is 32.0 Å². The number of para-hydroxylation sites is 1. The van der Waals surface area contributed by atoms with E-state index >= 15 is 0 Å². The van der Waals surface area contributed by atoms with Gasteiger partial charge in [-0.25, -0.2) is 9.29 Å². The predicted octanol–water partition coefficient (Wildman–Crippen LogP) is -1.12. The van der Waals surface area contributed by atoms with Crippen molar-refractivity contribution in [3.8, 4) is 0 Å². The second-order valence-corrected chi connectivity index (χ2v) is 7.80. The molecule has 8 heteroatoms. The third-order valence-corrected chi connectivity index (χ3v) is 5.79. The number of piperazine rings is 1. The van der Waals surface area contributed by atoms with Crippen LogP contribution in [0, 0.1) is 5.82 Å². The van der Waals surface area contributed by atoms with Crippen molar-refractivity contribution in [3.05, 3.63) is 60.4 Å². The van der Waals surface area contributed by atoms with E-state index in [0.29, 0.717) is 12.2 Å². The van der Waals surface area contributed by atoms with Gasteiger partial charge in [-0.3, -0.25) is 14.4 Å². The Labute approximate surface area is 174 Å². The molecular formula is C22H25FN4O3+2. The van der Waals surface area contributed by atoms with E-state index in [1.165, 1.54) is 34.1 Å². The number of amides is 3. The molecule has 30 heavy (non-hydrogen) atoms. The number of nitrogens with zero attached hydrogens (tertiary/aromatic N) is 1. The monoisotopic (exact) mass is 412 g/mol. The number of rotatable bonds is 5. The van der Waals surface area contributed by atoms with Crippen LogP contribution in [0.4, 0.5) is 15.8 Å². The molecular weight excluding hydrogens is 387 g/mol. The highest BCUT2D eigenvalue weighted by Gasteiger charge is 2.47. The zero-order valence-corrected chi connectivity index (χ0v) is 16.6. The number of halogens is 1. The summed E-state index contributed by atoms with van der Waals surface area (Å²) in [6.45, 7) is 3.32. The lowest BCUT2D eigenvalue weighted by molar-refractivity contribution is -1.02. The second-order valence-electron chi connectivity index (χ2n) is 7.80. The number of benzene rings is 2. The van der Waals surface area contributed by atoms with Crippen LogP contribution in [0.5, 0.6) is 0 Å². The average molecular weight is 412 g/mol. The van der Waals surface area contributed by atoms with E-state index in [1.54, 1.807) is 0 Å². The molecule has 156 valence electrons. The minimum Gasteiger partial charge on any atom is -0.321 e. The van der Waals surface area contributed by atoms with Crippen LogP contribution in [0.2, 0.25) is 0 Å². The zero-order valence-electron chi connectivity index (χ0n) is 16.6. The van der Waals surface area contributed by atoms with Gasteiger partial charge in [0.15, 0.2) is 12.6 Å². The van der Waals surface area contributed by atoms with E-state index in [4.69, 9.17) is 0 Å². The van der Waals surface area contributed by atoms with Crippen LogP contribution in [0.1, 0.15) is 6.42 Å². The summed E-state index contributed by atoms with van der Waals surface area (Å²) in [6, 6.07) is 14.3. The smallest absolute Gasteiger partial charge is 0.292 e. The highest BCUT2D eigenvalue weighted by molar-refractivity contribution is 6.21. The van der Waals surface area contributed by atoms with E-state index in [9.17, 15) is 18.8 Å². The largest absolute Gasteiger partial charge is 0.321 e. The van der Waals surface area contributed by atoms with Crippen LogP contribution in [0.25, 0.3) is 0 Å². The number of hydrogen-bond donors (Lipinski definition) is 3. The van der Waals surface area contributed by atoms with E-state index < -0.39 is 11.9 Å². The Balaban J connectivity index is 1.31. The molecule has 0 radical (unpaired) electrons. The molecule has 2 heterocycles. The zero-order chi connectivity index (χ0) is 21.1. The van der Waals surface area contributed by atoms with Crippen molar-refractivity contribution in [2.45, 2.75) is 12.5 Å². The van der Waals surface area contributed by atoms with Gasteiger partial charge in [-0.15, -0.1) is 0 Å². The molecule has 0 saturated carbocycles. The fourth-order valence-electron chi connectivity index (χ4n) is 4.22. The molecule has 2 aliphatic rings. The first-order chi connectivity index (χ1) is 14.5. The SMILES string of the molecule is O=C(C[NH+]1CC[NH+]([C@@H]2CC(=O)N(c3ccc(F)cc3)C2=O)CC1)Nc1ccccc1. The number of quaternary nitrogens is 2. The summed E-state index contributed by atoms with van der Waals surface area (Å²) in [6.07, 6.45) is 0.162. The molecule has 3 N–H and O–H groups in total. The molecule has 2 aromatic carbocycles. The molecule has 7 nitrogen and oxygen atoms in total. The average Bonchev–Trinajstić information content (AvgIpc) is 3.04. The van der Waals surface area contributed by atoms with Crippen molar-refractivity contribution in [1.29, 1.82) is 0 Å². The second kappa shape index (κ2) is 8.73. The van der Waals surface area contributed by atoms with Crippen LogP contribution >= 0.6 is 0 Å². The minimum absolute atomic E-state index is 0.0331. The number of carbonyl (C=O) groups is 3. The van der Waals surface area contributed by atoms with Crippen molar-refractivity contribution < 1.29 is 28.6 Å². The highest BCUT2D eigenvalue weighted by atomic mass is 19.1. The van der Waals surface area contributed by atoms with Gasteiger partial charge < -0.3 is 15.1 Å². The molecule has 0 aromatic heterocycles. The molecule has 4 rings (SSSR count). The van der Waals surface area contributed by atoms with Gasteiger partial charge in [-0.2, -0.15) is 0 Å². The number of carbonyl (C=O) groups excluding carboxylic acids is 3. The molecule has 1 atom stereocenters. The third kappa shape index (κ3) is 4.39. The van der Waals surface area contributed by atoms with Gasteiger partial charge in [0, 0.05) is 5.69 Å². The number of hydrogen-bond acceptors (Lipinski definition) is 3. The fourth-order valence-corrected chi connectivity index (χ4v) is 4.22. The van der Waals surface area contributed by atoms with Crippen LogP contribution in [-0.4, -0.2) is 56.5 Å². The van der Waals surface area contributed by atoms with Gasteiger partial charge in [0.05, 0.1) is 12.1 Å². The molecule has 2 fully saturated rings. The summed E-state index contributed by atoms with van der Waals surface area (Å²) in [4.78, 5) is 41.0. The van der Waals surface area contributed by atoms with Gasteiger partial charge in [0.25, 0.3) is 11.8 Å². The Bertz CT molecular complexity index is 927. The Morgan fingerprint density at radius 3 is 2.33 bits per heavy atom. The predicted molar refractivity (Wildman–Crippen MR) is 109 cm³/mol. The maximum Gasteiger partial charge on any atom is 0.292 e. The summed E-state index contributed by atoms with van der Waals surface area (Å²) in [5.74, 6) is -0.919. The van der Waals surface area contributed by atoms with Crippen molar-refractivity contribution in [2.24, 2.45) is 0 Å². The third-order valence-electron chi connectivity index (χ3n) is 5.79. The lowest BCUT2D eigenvalue weighted by Crippen LogP contribution is -3.30. The van der Waals surface area contributed by atoms with Gasteiger partial charge in [-0.1, -0.05) is 18.2 Å². The molecule has 0 spiro atoms. The van der Waals surface area contributed by atoms with Crippen molar-refractivity contribution in [3.63, 3.8) is 0 Å². The molecule has 0 aliphatic carbocycles. The van der Waals surface area contributed by atoms with E-state index in [2.05, 4.69) is 5.32 Å². The minimum atomic E-state index is -0.415. The highest BCUT2D eigenvalue weighted by Crippen LogP contribution is 2.22. The first-order valence-electron chi connectivity index (χ1n) is 10.2. The lowest BCUT2D eigenvalue weighted by atomic mass is 10.1. The summed E-state index contributed by atoms with van der Waals surface area (Å²) in [5, 5.41) is 2.90. The molecule has 2 aromatic rings. The summed E-state index contributed by atoms with van der Waals surface area (Å²) in [5.41, 5.74) is 1.19. The maximum atomic E-state index is 13.2. The van der Waals surface area contributed by atoms with E-state index in [0.717, 1.165) is 36.8 Å².